The lowest BCUT2D eigenvalue weighted by atomic mass is 9.78. The molecule has 17 heavy (non-hydrogen) atoms. The zero-order chi connectivity index (χ0) is 12.6. The zero-order valence-corrected chi connectivity index (χ0v) is 11.5. The monoisotopic (exact) mass is 240 g/mol. The quantitative estimate of drug-likeness (QED) is 0.656. The number of piperidine rings is 1. The molecule has 0 aromatic heterocycles. The van der Waals surface area contributed by atoms with Gasteiger partial charge < -0.3 is 10.1 Å². The molecule has 1 fully saturated rings. The molecule has 1 N–H and O–H groups in total. The molecule has 0 saturated carbocycles. The molecule has 0 amide bonds. The second-order valence-electron chi connectivity index (χ2n) is 5.15. The first-order valence-corrected chi connectivity index (χ1v) is 6.79. The molecule has 3 heteroatoms. The van der Waals surface area contributed by atoms with Crippen molar-refractivity contribution in [3.63, 3.8) is 0 Å². The highest BCUT2D eigenvalue weighted by atomic mass is 16.5. The van der Waals surface area contributed by atoms with Crippen LogP contribution in [0.4, 0.5) is 0 Å². The van der Waals surface area contributed by atoms with E-state index < -0.39 is 0 Å². The molecular weight excluding hydrogens is 212 g/mol. The summed E-state index contributed by atoms with van der Waals surface area (Å²) in [6, 6.07) is 0. The second-order valence-corrected chi connectivity index (χ2v) is 5.15. The van der Waals surface area contributed by atoms with Crippen LogP contribution in [0, 0.1) is 5.41 Å². The summed E-state index contributed by atoms with van der Waals surface area (Å²) in [5.74, 6) is 0. The summed E-state index contributed by atoms with van der Waals surface area (Å²) in [5, 5.41) is 3.55. The molecule has 0 aromatic rings. The number of ether oxygens (including phenoxy) is 1. The van der Waals surface area contributed by atoms with Crippen LogP contribution in [0.15, 0.2) is 12.7 Å². The van der Waals surface area contributed by atoms with Gasteiger partial charge in [-0.3, -0.25) is 4.90 Å². The van der Waals surface area contributed by atoms with Gasteiger partial charge in [0.1, 0.15) is 0 Å². The van der Waals surface area contributed by atoms with E-state index in [0.29, 0.717) is 5.41 Å². The van der Waals surface area contributed by atoms with Gasteiger partial charge in [-0.25, -0.2) is 0 Å². The Bertz CT molecular complexity index is 212. The van der Waals surface area contributed by atoms with Gasteiger partial charge in [0.25, 0.3) is 0 Å². The topological polar surface area (TPSA) is 24.5 Å². The van der Waals surface area contributed by atoms with Crippen molar-refractivity contribution in [1.29, 1.82) is 0 Å². The molecule has 0 radical (unpaired) electrons. The van der Waals surface area contributed by atoms with E-state index in [1.54, 1.807) is 7.11 Å². The summed E-state index contributed by atoms with van der Waals surface area (Å²) in [4.78, 5) is 2.47. The van der Waals surface area contributed by atoms with Crippen molar-refractivity contribution in [2.24, 2.45) is 5.41 Å². The lowest BCUT2D eigenvalue weighted by molar-refractivity contribution is 0.0922. The molecule has 1 atom stereocenters. The molecule has 1 aliphatic rings. The Morgan fingerprint density at radius 1 is 1.53 bits per heavy atom. The van der Waals surface area contributed by atoms with Crippen LogP contribution in [0.5, 0.6) is 0 Å². The van der Waals surface area contributed by atoms with Crippen LogP contribution in [0.1, 0.15) is 26.2 Å². The molecule has 1 unspecified atom stereocenters. The molecule has 1 aliphatic heterocycles. The zero-order valence-electron chi connectivity index (χ0n) is 11.5. The predicted molar refractivity (Wildman–Crippen MR) is 73.3 cm³/mol. The van der Waals surface area contributed by atoms with Crippen LogP contribution >= 0.6 is 0 Å². The summed E-state index contributed by atoms with van der Waals surface area (Å²) in [6.07, 6.45) is 5.90. The molecule has 3 nitrogen and oxygen atoms in total. The Balaban J connectivity index is 2.51. The largest absolute Gasteiger partial charge is 0.383 e. The summed E-state index contributed by atoms with van der Waals surface area (Å²) in [5.41, 5.74) is 0.453. The van der Waals surface area contributed by atoms with Crippen molar-refractivity contribution in [3.05, 3.63) is 12.7 Å². The molecule has 0 bridgehead atoms. The van der Waals surface area contributed by atoms with E-state index in [0.717, 1.165) is 32.8 Å². The summed E-state index contributed by atoms with van der Waals surface area (Å²) in [6.45, 7) is 12.4. The summed E-state index contributed by atoms with van der Waals surface area (Å²) < 4.78 is 5.18. The van der Waals surface area contributed by atoms with Crippen LogP contribution in [0.25, 0.3) is 0 Å². The van der Waals surface area contributed by atoms with E-state index in [9.17, 15) is 0 Å². The number of nitrogens with one attached hydrogen (secondary N) is 1. The predicted octanol–water partition coefficient (Wildman–Crippen LogP) is 1.90. The minimum atomic E-state index is 0.453. The maximum Gasteiger partial charge on any atom is 0.0589 e. The number of rotatable bonds is 8. The Labute approximate surface area is 106 Å². The Morgan fingerprint density at radius 3 is 2.88 bits per heavy atom. The Kier molecular flexibility index (Phi) is 6.78. The first kappa shape index (κ1) is 14.7. The minimum Gasteiger partial charge on any atom is -0.383 e. The summed E-state index contributed by atoms with van der Waals surface area (Å²) in [7, 11) is 1.77. The molecule has 0 aliphatic carbocycles. The fourth-order valence-corrected chi connectivity index (χ4v) is 2.69. The number of nitrogens with zero attached hydrogens (tertiary/aromatic N) is 1. The fraction of sp³-hybridized carbons (Fsp3) is 0.857. The van der Waals surface area contributed by atoms with Crippen molar-refractivity contribution in [3.8, 4) is 0 Å². The Hall–Kier alpha value is -0.380. The van der Waals surface area contributed by atoms with Gasteiger partial charge in [0.2, 0.25) is 0 Å². The Morgan fingerprint density at radius 2 is 2.35 bits per heavy atom. The van der Waals surface area contributed by atoms with Gasteiger partial charge in [-0.1, -0.05) is 13.0 Å². The van der Waals surface area contributed by atoms with Gasteiger partial charge >= 0.3 is 0 Å². The molecule has 1 heterocycles. The number of hydrogen-bond acceptors (Lipinski definition) is 3. The normalized spacial score (nSPS) is 25.1. The highest BCUT2D eigenvalue weighted by Gasteiger charge is 2.31. The van der Waals surface area contributed by atoms with E-state index in [4.69, 9.17) is 4.74 Å². The minimum absolute atomic E-state index is 0.453. The van der Waals surface area contributed by atoms with Crippen LogP contribution in [0.3, 0.4) is 0 Å². The maximum absolute atomic E-state index is 5.18. The van der Waals surface area contributed by atoms with Crippen molar-refractivity contribution >= 4 is 0 Å². The molecule has 0 aromatic carbocycles. The summed E-state index contributed by atoms with van der Waals surface area (Å²) >= 11 is 0. The first-order chi connectivity index (χ1) is 8.26. The third kappa shape index (κ3) is 4.78. The van der Waals surface area contributed by atoms with E-state index >= 15 is 0 Å². The van der Waals surface area contributed by atoms with Crippen molar-refractivity contribution < 1.29 is 4.74 Å². The lowest BCUT2D eigenvalue weighted by Crippen LogP contribution is -2.48. The molecule has 1 rings (SSSR count). The van der Waals surface area contributed by atoms with Crippen LogP contribution in [-0.4, -0.2) is 51.3 Å². The third-order valence-electron chi connectivity index (χ3n) is 3.87. The van der Waals surface area contributed by atoms with E-state index in [2.05, 4.69) is 23.7 Å². The fourth-order valence-electron chi connectivity index (χ4n) is 2.69. The average molecular weight is 240 g/mol. The van der Waals surface area contributed by atoms with Gasteiger partial charge in [0, 0.05) is 33.3 Å². The van der Waals surface area contributed by atoms with Gasteiger partial charge in [0.05, 0.1) is 6.61 Å². The van der Waals surface area contributed by atoms with E-state index in [1.165, 1.54) is 25.8 Å². The average Bonchev–Trinajstić information content (AvgIpc) is 2.37. The van der Waals surface area contributed by atoms with Gasteiger partial charge in [-0.05, 0) is 31.2 Å². The molecule has 100 valence electrons. The standard InChI is InChI=1S/C14H28N2O/c1-4-9-16(10-11-17-3)13-14(5-2)7-6-8-15-12-14/h4,15H,1,5-13H2,2-3H3. The smallest absolute Gasteiger partial charge is 0.0589 e. The second kappa shape index (κ2) is 7.85. The molecule has 1 saturated heterocycles. The van der Waals surface area contributed by atoms with Crippen molar-refractivity contribution in [2.45, 2.75) is 26.2 Å². The van der Waals surface area contributed by atoms with E-state index in [1.807, 2.05) is 6.08 Å². The van der Waals surface area contributed by atoms with Crippen LogP contribution in [-0.2, 0) is 4.74 Å². The first-order valence-electron chi connectivity index (χ1n) is 6.79. The van der Waals surface area contributed by atoms with Gasteiger partial charge in [0.15, 0.2) is 0 Å². The lowest BCUT2D eigenvalue weighted by Gasteiger charge is -2.40. The molecule has 0 spiro atoms. The third-order valence-corrected chi connectivity index (χ3v) is 3.87. The van der Waals surface area contributed by atoms with E-state index in [-0.39, 0.29) is 0 Å². The van der Waals surface area contributed by atoms with Crippen molar-refractivity contribution in [1.82, 2.24) is 10.2 Å². The van der Waals surface area contributed by atoms with Crippen LogP contribution in [0.2, 0.25) is 0 Å². The highest BCUT2D eigenvalue weighted by molar-refractivity contribution is 4.88. The number of methoxy groups -OCH3 is 1. The molecular formula is C14H28N2O. The maximum atomic E-state index is 5.18. The number of hydrogen-bond donors (Lipinski definition) is 1. The van der Waals surface area contributed by atoms with Gasteiger partial charge in [-0.2, -0.15) is 0 Å². The van der Waals surface area contributed by atoms with Crippen molar-refractivity contribution in [2.75, 3.05) is 46.4 Å². The van der Waals surface area contributed by atoms with Crippen LogP contribution < -0.4 is 5.32 Å². The van der Waals surface area contributed by atoms with Gasteiger partial charge in [-0.15, -0.1) is 6.58 Å². The SMILES string of the molecule is C=CCN(CCOC)CC1(CC)CCCNC1. The highest BCUT2D eigenvalue weighted by Crippen LogP contribution is 2.30.